The van der Waals surface area contributed by atoms with Gasteiger partial charge in [-0.15, -0.1) is 5.10 Å². The maximum atomic E-state index is 12.1. The summed E-state index contributed by atoms with van der Waals surface area (Å²) in [6.45, 7) is 0.557. The number of hydrogen-bond donors (Lipinski definition) is 0. The first-order chi connectivity index (χ1) is 10.2. The summed E-state index contributed by atoms with van der Waals surface area (Å²) >= 11 is 0. The third-order valence-corrected chi connectivity index (χ3v) is 3.17. The molecular weight excluding hydrogens is 266 g/mol. The number of rotatable bonds is 4. The van der Waals surface area contributed by atoms with Crippen molar-refractivity contribution in [2.75, 3.05) is 13.6 Å². The molecule has 0 N–H and O–H groups in total. The van der Waals surface area contributed by atoms with E-state index in [1.165, 1.54) is 0 Å². The molecule has 0 bridgehead atoms. The van der Waals surface area contributed by atoms with E-state index in [9.17, 15) is 4.79 Å². The van der Waals surface area contributed by atoms with Gasteiger partial charge < -0.3 is 0 Å². The Morgan fingerprint density at radius 2 is 2.10 bits per heavy atom. The normalized spacial score (nSPS) is 13.8. The lowest BCUT2D eigenvalue weighted by atomic mass is 10.2. The Bertz CT molecular complexity index is 719. The van der Waals surface area contributed by atoms with Crippen molar-refractivity contribution in [1.82, 2.24) is 15.2 Å². The molecule has 2 aromatic rings. The van der Waals surface area contributed by atoms with Crippen LogP contribution in [0.15, 0.2) is 41.5 Å². The second kappa shape index (κ2) is 5.70. The lowest BCUT2D eigenvalue weighted by Crippen LogP contribution is -2.25. The van der Waals surface area contributed by atoms with Gasteiger partial charge in [-0.05, 0) is 24.3 Å². The molecule has 1 aliphatic rings. The predicted molar refractivity (Wildman–Crippen MR) is 78.5 cm³/mol. The molecule has 0 saturated heterocycles. The highest BCUT2D eigenvalue weighted by atomic mass is 16.1. The van der Waals surface area contributed by atoms with Crippen molar-refractivity contribution < 1.29 is 9.37 Å². The average molecular weight is 280 g/mol. The van der Waals surface area contributed by atoms with Crippen molar-refractivity contribution in [3.8, 4) is 11.4 Å². The number of Topliss-reactive ketones (excluding diaryl/α,β-unsaturated/α-hetero) is 1. The maximum Gasteiger partial charge on any atom is 0.361 e. The maximum absolute atomic E-state index is 12.1. The fraction of sp³-hybridized carbons (Fsp3) is 0.200. The van der Waals surface area contributed by atoms with Crippen LogP contribution >= 0.6 is 0 Å². The molecule has 3 rings (SSSR count). The second-order valence-corrected chi connectivity index (χ2v) is 4.68. The number of ketones is 1. The molecule has 2 aromatic heterocycles. The van der Waals surface area contributed by atoms with Crippen LogP contribution in [-0.4, -0.2) is 51.2 Å². The summed E-state index contributed by atoms with van der Waals surface area (Å²) in [6.07, 6.45) is 3.77. The number of pyridine rings is 1. The van der Waals surface area contributed by atoms with Gasteiger partial charge in [0.05, 0.1) is 24.9 Å². The molecule has 0 atom stereocenters. The smallest absolute Gasteiger partial charge is 0.285 e. The van der Waals surface area contributed by atoms with E-state index in [1.54, 1.807) is 16.8 Å². The van der Waals surface area contributed by atoms with E-state index in [1.807, 2.05) is 37.5 Å². The molecule has 21 heavy (non-hydrogen) atoms. The summed E-state index contributed by atoms with van der Waals surface area (Å²) in [4.78, 5) is 20.5. The number of aliphatic imine (C=N–C) groups is 1. The fourth-order valence-corrected chi connectivity index (χ4v) is 2.08. The lowest BCUT2D eigenvalue weighted by Gasteiger charge is -2.01. The van der Waals surface area contributed by atoms with Gasteiger partial charge in [0.25, 0.3) is 5.78 Å². The van der Waals surface area contributed by atoms with Crippen molar-refractivity contribution in [1.29, 1.82) is 0 Å². The Hall–Kier alpha value is -2.76. The Kier molecular flexibility index (Phi) is 3.59. The summed E-state index contributed by atoms with van der Waals surface area (Å²) < 4.78 is 1.75. The Labute approximate surface area is 121 Å². The standard InChI is InChI=1S/C15H14N5O/c1-20-9-8-17-15(20)14(21)10-11-5-6-13(19-18-11)12-4-2-3-7-16-12/h2-7,9H,8,10H2,1H3/q+1. The first-order valence-corrected chi connectivity index (χ1v) is 6.62. The molecule has 3 heterocycles. The van der Waals surface area contributed by atoms with E-state index in [-0.39, 0.29) is 12.2 Å². The van der Waals surface area contributed by atoms with Crippen molar-refractivity contribution in [2.24, 2.45) is 4.99 Å². The summed E-state index contributed by atoms with van der Waals surface area (Å²) in [5.74, 6) is 0.428. The zero-order valence-corrected chi connectivity index (χ0v) is 11.6. The van der Waals surface area contributed by atoms with Gasteiger partial charge in [-0.25, -0.2) is 4.58 Å². The average Bonchev–Trinajstić information content (AvgIpc) is 2.95. The minimum Gasteiger partial charge on any atom is -0.285 e. The number of carbonyl (C=O) groups excluding carboxylic acids is 1. The fourth-order valence-electron chi connectivity index (χ4n) is 2.08. The summed E-state index contributed by atoms with van der Waals surface area (Å²) in [5, 5.41) is 8.22. The SMILES string of the molecule is C[N+]1=CCN=C1C(=O)Cc1ccc(-c2ccccn2)nn1. The van der Waals surface area contributed by atoms with Gasteiger partial charge in [0.2, 0.25) is 0 Å². The molecular formula is C15H14N5O+. The molecule has 0 radical (unpaired) electrons. The van der Waals surface area contributed by atoms with Gasteiger partial charge in [-0.1, -0.05) is 11.1 Å². The van der Waals surface area contributed by atoms with E-state index in [2.05, 4.69) is 20.2 Å². The highest BCUT2D eigenvalue weighted by Crippen LogP contribution is 2.12. The molecule has 0 aliphatic carbocycles. The minimum atomic E-state index is -0.0499. The van der Waals surface area contributed by atoms with Crippen LogP contribution in [-0.2, 0) is 11.2 Å². The monoisotopic (exact) mass is 280 g/mol. The van der Waals surface area contributed by atoms with E-state index in [4.69, 9.17) is 0 Å². The van der Waals surface area contributed by atoms with Gasteiger partial charge in [0, 0.05) is 6.20 Å². The third kappa shape index (κ3) is 2.89. The Balaban J connectivity index is 1.73. The van der Waals surface area contributed by atoms with E-state index in [0.29, 0.717) is 23.8 Å². The van der Waals surface area contributed by atoms with E-state index >= 15 is 0 Å². The first kappa shape index (κ1) is 13.2. The first-order valence-electron chi connectivity index (χ1n) is 6.62. The number of nitrogens with zero attached hydrogens (tertiary/aromatic N) is 5. The van der Waals surface area contributed by atoms with Crippen molar-refractivity contribution in [3.05, 3.63) is 42.2 Å². The van der Waals surface area contributed by atoms with Crippen molar-refractivity contribution >= 4 is 17.8 Å². The molecule has 0 amide bonds. The van der Waals surface area contributed by atoms with Crippen LogP contribution in [0, 0.1) is 0 Å². The lowest BCUT2D eigenvalue weighted by molar-refractivity contribution is -0.360. The largest absolute Gasteiger partial charge is 0.361 e. The predicted octanol–water partition coefficient (Wildman–Crippen LogP) is 0.775. The highest BCUT2D eigenvalue weighted by Gasteiger charge is 2.25. The molecule has 0 fully saturated rings. The van der Waals surface area contributed by atoms with E-state index < -0.39 is 0 Å². The zero-order valence-electron chi connectivity index (χ0n) is 11.6. The van der Waals surface area contributed by atoms with Gasteiger partial charge in [0.1, 0.15) is 11.9 Å². The van der Waals surface area contributed by atoms with Crippen LogP contribution in [0.3, 0.4) is 0 Å². The Morgan fingerprint density at radius 3 is 2.71 bits per heavy atom. The van der Waals surface area contributed by atoms with Crippen LogP contribution in [0.1, 0.15) is 5.69 Å². The topological polar surface area (TPSA) is 71.1 Å². The van der Waals surface area contributed by atoms with Crippen LogP contribution in [0.25, 0.3) is 11.4 Å². The van der Waals surface area contributed by atoms with Gasteiger partial charge in [-0.2, -0.15) is 5.10 Å². The summed E-state index contributed by atoms with van der Waals surface area (Å²) in [6, 6.07) is 9.23. The molecule has 6 nitrogen and oxygen atoms in total. The number of aromatic nitrogens is 3. The quantitative estimate of drug-likeness (QED) is 0.776. The van der Waals surface area contributed by atoms with Crippen molar-refractivity contribution in [3.63, 3.8) is 0 Å². The molecule has 0 spiro atoms. The molecule has 1 aliphatic heterocycles. The van der Waals surface area contributed by atoms with Gasteiger partial charge >= 0.3 is 5.84 Å². The molecule has 0 aromatic carbocycles. The number of hydrogen-bond acceptors (Lipinski definition) is 5. The highest BCUT2D eigenvalue weighted by molar-refractivity contribution is 6.36. The van der Waals surface area contributed by atoms with Gasteiger partial charge in [0.15, 0.2) is 6.54 Å². The van der Waals surface area contributed by atoms with Crippen LogP contribution in [0.4, 0.5) is 0 Å². The third-order valence-electron chi connectivity index (χ3n) is 3.17. The minimum absolute atomic E-state index is 0.0499. The molecule has 0 saturated carbocycles. The number of carbonyl (C=O) groups is 1. The Morgan fingerprint density at radius 1 is 1.19 bits per heavy atom. The molecule has 6 heteroatoms. The van der Waals surface area contributed by atoms with E-state index in [0.717, 1.165) is 5.69 Å². The van der Waals surface area contributed by atoms with Crippen LogP contribution < -0.4 is 0 Å². The summed E-state index contributed by atoms with van der Waals surface area (Å²) in [7, 11) is 1.82. The number of amidine groups is 1. The van der Waals surface area contributed by atoms with Crippen molar-refractivity contribution in [2.45, 2.75) is 6.42 Å². The second-order valence-electron chi connectivity index (χ2n) is 4.68. The number of likely N-dealkylation sites (N-methyl/N-ethyl adjacent to an activating group) is 1. The summed E-state index contributed by atoms with van der Waals surface area (Å²) in [5.41, 5.74) is 2.08. The zero-order chi connectivity index (χ0) is 14.7. The van der Waals surface area contributed by atoms with Gasteiger partial charge in [-0.3, -0.25) is 9.78 Å². The van der Waals surface area contributed by atoms with Crippen LogP contribution in [0.5, 0.6) is 0 Å². The van der Waals surface area contributed by atoms with Crippen LogP contribution in [0.2, 0.25) is 0 Å². The molecule has 104 valence electrons. The molecule has 0 unspecified atom stereocenters.